The molecular weight excluding hydrogens is 188 g/mol. The maximum atomic E-state index is 4.27. The molecule has 4 nitrogen and oxygen atoms in total. The van der Waals surface area contributed by atoms with E-state index in [9.17, 15) is 0 Å². The minimum Gasteiger partial charge on any atom is -0.360 e. The van der Waals surface area contributed by atoms with Gasteiger partial charge in [0.2, 0.25) is 0 Å². The minimum absolute atomic E-state index is 0.706. The van der Waals surface area contributed by atoms with Crippen LogP contribution in [0.3, 0.4) is 0 Å². The first kappa shape index (κ1) is 9.21. The van der Waals surface area contributed by atoms with Crippen molar-refractivity contribution in [3.8, 4) is 0 Å². The Morgan fingerprint density at radius 1 is 1.20 bits per heavy atom. The fourth-order valence-corrected chi connectivity index (χ4v) is 3.08. The van der Waals surface area contributed by atoms with E-state index in [1.807, 2.05) is 17.9 Å². The molecular formula is C11H18N4. The van der Waals surface area contributed by atoms with Gasteiger partial charge in [-0.25, -0.2) is 0 Å². The van der Waals surface area contributed by atoms with Gasteiger partial charge in [0, 0.05) is 38.4 Å². The summed E-state index contributed by atoms with van der Waals surface area (Å²) in [7, 11) is 4.22. The second-order valence-electron chi connectivity index (χ2n) is 4.89. The lowest BCUT2D eigenvalue weighted by Gasteiger charge is -2.40. The van der Waals surface area contributed by atoms with Crippen LogP contribution in [0.1, 0.15) is 12.8 Å². The van der Waals surface area contributed by atoms with E-state index in [1.165, 1.54) is 31.6 Å². The van der Waals surface area contributed by atoms with E-state index in [0.717, 1.165) is 0 Å². The van der Waals surface area contributed by atoms with Gasteiger partial charge < -0.3 is 9.80 Å². The SMILES string of the molecule is CN1CC2CCC(C1)N2c1cnn(C)c1. The highest BCUT2D eigenvalue weighted by Crippen LogP contribution is 2.33. The third kappa shape index (κ3) is 1.44. The molecule has 1 aromatic rings. The Bertz CT molecular complexity index is 345. The largest absolute Gasteiger partial charge is 0.360 e. The second-order valence-corrected chi connectivity index (χ2v) is 4.89. The number of aromatic nitrogens is 2. The van der Waals surface area contributed by atoms with Crippen LogP contribution in [0.4, 0.5) is 5.69 Å². The van der Waals surface area contributed by atoms with Crippen molar-refractivity contribution in [3.63, 3.8) is 0 Å². The molecule has 0 aromatic carbocycles. The minimum atomic E-state index is 0.706. The van der Waals surface area contributed by atoms with Crippen molar-refractivity contribution in [2.45, 2.75) is 24.9 Å². The molecule has 4 heteroatoms. The molecule has 0 radical (unpaired) electrons. The Morgan fingerprint density at radius 2 is 1.87 bits per heavy atom. The molecule has 0 amide bonds. The van der Waals surface area contributed by atoms with Crippen LogP contribution < -0.4 is 4.90 Å². The Labute approximate surface area is 90.5 Å². The van der Waals surface area contributed by atoms with Gasteiger partial charge in [-0.15, -0.1) is 0 Å². The molecule has 2 aliphatic heterocycles. The smallest absolute Gasteiger partial charge is 0.0758 e. The predicted molar refractivity (Wildman–Crippen MR) is 60.0 cm³/mol. The molecule has 2 fully saturated rings. The molecule has 0 spiro atoms. The Hall–Kier alpha value is -1.03. The first-order chi connectivity index (χ1) is 7.24. The lowest BCUT2D eigenvalue weighted by atomic mass is 10.2. The molecule has 3 rings (SSSR count). The molecule has 3 heterocycles. The molecule has 2 saturated heterocycles. The summed E-state index contributed by atoms with van der Waals surface area (Å²) < 4.78 is 1.90. The van der Waals surface area contributed by atoms with E-state index in [2.05, 4.69) is 28.1 Å². The van der Waals surface area contributed by atoms with E-state index in [4.69, 9.17) is 0 Å². The summed E-state index contributed by atoms with van der Waals surface area (Å²) in [4.78, 5) is 5.03. The third-order valence-electron chi connectivity index (χ3n) is 3.65. The molecule has 1 aromatic heterocycles. The van der Waals surface area contributed by atoms with Gasteiger partial charge in [0.15, 0.2) is 0 Å². The summed E-state index contributed by atoms with van der Waals surface area (Å²) in [5, 5.41) is 4.27. The van der Waals surface area contributed by atoms with Crippen LogP contribution in [0.2, 0.25) is 0 Å². The summed E-state index contributed by atoms with van der Waals surface area (Å²) in [6.45, 7) is 2.40. The topological polar surface area (TPSA) is 24.3 Å². The molecule has 2 unspecified atom stereocenters. The Balaban J connectivity index is 1.88. The van der Waals surface area contributed by atoms with Gasteiger partial charge in [-0.1, -0.05) is 0 Å². The van der Waals surface area contributed by atoms with Crippen LogP contribution >= 0.6 is 0 Å². The fourth-order valence-electron chi connectivity index (χ4n) is 3.08. The van der Waals surface area contributed by atoms with E-state index in [1.54, 1.807) is 0 Å². The summed E-state index contributed by atoms with van der Waals surface area (Å²) in [6.07, 6.45) is 6.81. The zero-order valence-electron chi connectivity index (χ0n) is 9.43. The van der Waals surface area contributed by atoms with Crippen molar-refractivity contribution in [1.29, 1.82) is 0 Å². The van der Waals surface area contributed by atoms with Crippen LogP contribution in [0.15, 0.2) is 12.4 Å². The molecule has 0 N–H and O–H groups in total. The molecule has 0 aliphatic carbocycles. The average molecular weight is 206 g/mol. The number of hydrogen-bond acceptors (Lipinski definition) is 3. The number of hydrogen-bond donors (Lipinski definition) is 0. The van der Waals surface area contributed by atoms with Gasteiger partial charge in [-0.05, 0) is 19.9 Å². The Morgan fingerprint density at radius 3 is 2.40 bits per heavy atom. The van der Waals surface area contributed by atoms with E-state index in [0.29, 0.717) is 12.1 Å². The maximum absolute atomic E-state index is 4.27. The van der Waals surface area contributed by atoms with Gasteiger partial charge in [0.25, 0.3) is 0 Å². The standard InChI is InChI=1S/C11H18N4/c1-13-6-9-3-4-10(7-13)15(9)11-5-12-14(2)8-11/h5,8-10H,3-4,6-7H2,1-2H3. The highest BCUT2D eigenvalue weighted by molar-refractivity contribution is 5.47. The second kappa shape index (κ2) is 3.23. The average Bonchev–Trinajstić information content (AvgIpc) is 2.69. The van der Waals surface area contributed by atoms with E-state index < -0.39 is 0 Å². The highest BCUT2D eigenvalue weighted by atomic mass is 15.3. The normalized spacial score (nSPS) is 31.2. The van der Waals surface area contributed by atoms with Crippen molar-refractivity contribution in [1.82, 2.24) is 14.7 Å². The van der Waals surface area contributed by atoms with E-state index >= 15 is 0 Å². The quantitative estimate of drug-likeness (QED) is 0.676. The van der Waals surface area contributed by atoms with Crippen molar-refractivity contribution in [2.75, 3.05) is 25.0 Å². The monoisotopic (exact) mass is 206 g/mol. The lowest BCUT2D eigenvalue weighted by molar-refractivity contribution is 0.265. The molecule has 2 atom stereocenters. The molecule has 82 valence electrons. The predicted octanol–water partition coefficient (Wildman–Crippen LogP) is 0.703. The first-order valence-corrected chi connectivity index (χ1v) is 5.69. The zero-order chi connectivity index (χ0) is 10.4. The third-order valence-corrected chi connectivity index (χ3v) is 3.65. The maximum Gasteiger partial charge on any atom is 0.0758 e. The first-order valence-electron chi connectivity index (χ1n) is 5.69. The molecule has 0 saturated carbocycles. The van der Waals surface area contributed by atoms with Gasteiger partial charge in [0.05, 0.1) is 11.9 Å². The molecule has 2 bridgehead atoms. The number of likely N-dealkylation sites (N-methyl/N-ethyl adjacent to an activating group) is 1. The summed E-state index contributed by atoms with van der Waals surface area (Å²) >= 11 is 0. The highest BCUT2D eigenvalue weighted by Gasteiger charge is 2.39. The number of nitrogens with zero attached hydrogens (tertiary/aromatic N) is 4. The number of likely N-dealkylation sites (tertiary alicyclic amines) is 1. The van der Waals surface area contributed by atoms with Crippen molar-refractivity contribution >= 4 is 5.69 Å². The van der Waals surface area contributed by atoms with Gasteiger partial charge in [-0.3, -0.25) is 4.68 Å². The van der Waals surface area contributed by atoms with Crippen molar-refractivity contribution in [3.05, 3.63) is 12.4 Å². The van der Waals surface area contributed by atoms with Crippen molar-refractivity contribution in [2.24, 2.45) is 7.05 Å². The number of aryl methyl sites for hydroxylation is 1. The summed E-state index contributed by atoms with van der Waals surface area (Å²) in [5.41, 5.74) is 1.30. The summed E-state index contributed by atoms with van der Waals surface area (Å²) in [6, 6.07) is 1.41. The van der Waals surface area contributed by atoms with Gasteiger partial charge in [0.1, 0.15) is 0 Å². The number of rotatable bonds is 1. The lowest BCUT2D eigenvalue weighted by Crippen LogP contribution is -2.52. The number of piperazine rings is 1. The van der Waals surface area contributed by atoms with Crippen LogP contribution in [-0.4, -0.2) is 46.9 Å². The van der Waals surface area contributed by atoms with Crippen LogP contribution in [-0.2, 0) is 7.05 Å². The van der Waals surface area contributed by atoms with E-state index in [-0.39, 0.29) is 0 Å². The fraction of sp³-hybridized carbons (Fsp3) is 0.727. The van der Waals surface area contributed by atoms with Gasteiger partial charge >= 0.3 is 0 Å². The van der Waals surface area contributed by atoms with Crippen molar-refractivity contribution < 1.29 is 0 Å². The van der Waals surface area contributed by atoms with Crippen LogP contribution in [0.5, 0.6) is 0 Å². The zero-order valence-corrected chi connectivity index (χ0v) is 9.43. The molecule has 2 aliphatic rings. The number of fused-ring (bicyclic) bond motifs is 2. The van der Waals surface area contributed by atoms with Crippen LogP contribution in [0, 0.1) is 0 Å². The summed E-state index contributed by atoms with van der Waals surface area (Å²) in [5.74, 6) is 0. The Kier molecular flexibility index (Phi) is 1.99. The molecule has 15 heavy (non-hydrogen) atoms. The van der Waals surface area contributed by atoms with Crippen LogP contribution in [0.25, 0.3) is 0 Å². The van der Waals surface area contributed by atoms with Gasteiger partial charge in [-0.2, -0.15) is 5.10 Å². The number of anilines is 1.